The van der Waals surface area contributed by atoms with Crippen LogP contribution >= 0.6 is 11.3 Å². The maximum Gasteiger partial charge on any atom is 0.0349 e. The predicted molar refractivity (Wildman–Crippen MR) is 299 cm³/mol. The van der Waals surface area contributed by atoms with E-state index in [-0.39, 0.29) is 0 Å². The third kappa shape index (κ3) is 8.50. The van der Waals surface area contributed by atoms with E-state index in [1.165, 1.54) is 109 Å². The summed E-state index contributed by atoms with van der Waals surface area (Å²) in [5, 5.41) is 7.49. The molecular formula is C68H48S. The highest BCUT2D eigenvalue weighted by Crippen LogP contribution is 2.46. The first-order chi connectivity index (χ1) is 34.2. The molecule has 0 spiro atoms. The lowest BCUT2D eigenvalue weighted by atomic mass is 9.84. The lowest BCUT2D eigenvalue weighted by molar-refractivity contribution is 0.846. The highest BCUT2D eigenvalue weighted by Gasteiger charge is 2.19. The number of hydrogen-bond donors (Lipinski definition) is 0. The second-order valence-electron chi connectivity index (χ2n) is 17.9. The Morgan fingerprint density at radius 3 is 1.48 bits per heavy atom. The SMILES string of the molecule is C1=CCC(/C(=C/c2ccc(-c3c4ccccc4c(-c4ccc(C=C(c5ccccc5)c5ccccc5)cc4)c4cc(-c5ccc(-c6ccc7ccccc7c6)s5)ccc34)cc2)c2ccccc2)C=C1. The van der Waals surface area contributed by atoms with Gasteiger partial charge in [0.15, 0.2) is 0 Å². The van der Waals surface area contributed by atoms with Crippen molar-refractivity contribution in [3.8, 4) is 43.1 Å². The zero-order valence-electron chi connectivity index (χ0n) is 38.2. The molecule has 0 N–H and O–H groups in total. The highest BCUT2D eigenvalue weighted by molar-refractivity contribution is 7.18. The largest absolute Gasteiger partial charge is 0.135 e. The molecule has 0 fully saturated rings. The van der Waals surface area contributed by atoms with Gasteiger partial charge in [-0.05, 0) is 141 Å². The molecule has 0 amide bonds. The summed E-state index contributed by atoms with van der Waals surface area (Å²) in [6.07, 6.45) is 14.6. The summed E-state index contributed by atoms with van der Waals surface area (Å²) >= 11 is 1.86. The zero-order chi connectivity index (χ0) is 45.9. The van der Waals surface area contributed by atoms with E-state index < -0.39 is 0 Å². The second-order valence-corrected chi connectivity index (χ2v) is 19.0. The van der Waals surface area contributed by atoms with Crippen molar-refractivity contribution in [2.45, 2.75) is 6.42 Å². The van der Waals surface area contributed by atoms with E-state index in [0.29, 0.717) is 5.92 Å². The van der Waals surface area contributed by atoms with Crippen molar-refractivity contribution in [2.24, 2.45) is 5.92 Å². The van der Waals surface area contributed by atoms with Crippen LogP contribution in [0.4, 0.5) is 0 Å². The van der Waals surface area contributed by atoms with Crippen LogP contribution < -0.4 is 0 Å². The molecule has 1 heteroatoms. The minimum atomic E-state index is 0.332. The van der Waals surface area contributed by atoms with Gasteiger partial charge in [-0.3, -0.25) is 0 Å². The average Bonchev–Trinajstić information content (AvgIpc) is 3.93. The topological polar surface area (TPSA) is 0 Å². The molecule has 1 aliphatic carbocycles. The summed E-state index contributed by atoms with van der Waals surface area (Å²) in [6, 6.07) is 86.9. The first-order valence-corrected chi connectivity index (χ1v) is 24.7. The molecule has 1 atom stereocenters. The molecule has 326 valence electrons. The fourth-order valence-electron chi connectivity index (χ4n) is 10.2. The predicted octanol–water partition coefficient (Wildman–Crippen LogP) is 19.1. The first kappa shape index (κ1) is 42.0. The molecule has 0 aliphatic heterocycles. The molecule has 1 aromatic heterocycles. The van der Waals surface area contributed by atoms with Gasteiger partial charge in [0.1, 0.15) is 0 Å². The van der Waals surface area contributed by atoms with E-state index in [1.807, 2.05) is 11.3 Å². The molecule has 1 aliphatic rings. The molecule has 0 bridgehead atoms. The molecule has 0 saturated carbocycles. The van der Waals surface area contributed by atoms with Crippen molar-refractivity contribution in [2.75, 3.05) is 0 Å². The van der Waals surface area contributed by atoms with Crippen molar-refractivity contribution in [1.29, 1.82) is 0 Å². The van der Waals surface area contributed by atoms with Crippen molar-refractivity contribution >= 4 is 67.0 Å². The number of hydrogen-bond acceptors (Lipinski definition) is 1. The lowest BCUT2D eigenvalue weighted by Gasteiger charge is -2.19. The van der Waals surface area contributed by atoms with Crippen LogP contribution in [0, 0.1) is 5.92 Å². The molecule has 0 radical (unpaired) electrons. The van der Waals surface area contributed by atoms with Crippen molar-refractivity contribution in [3.63, 3.8) is 0 Å². The van der Waals surface area contributed by atoms with Crippen LogP contribution in [0.5, 0.6) is 0 Å². The fourth-order valence-corrected chi connectivity index (χ4v) is 11.2. The van der Waals surface area contributed by atoms with Crippen molar-refractivity contribution in [3.05, 3.63) is 289 Å². The number of thiophene rings is 1. The van der Waals surface area contributed by atoms with Gasteiger partial charge in [0.05, 0.1) is 0 Å². The maximum atomic E-state index is 2.45. The number of fused-ring (bicyclic) bond motifs is 3. The summed E-state index contributed by atoms with van der Waals surface area (Å²) in [6.45, 7) is 0. The van der Waals surface area contributed by atoms with Gasteiger partial charge >= 0.3 is 0 Å². The van der Waals surface area contributed by atoms with Crippen LogP contribution in [0.25, 0.3) is 98.8 Å². The van der Waals surface area contributed by atoms with Crippen LogP contribution in [0.3, 0.4) is 0 Å². The van der Waals surface area contributed by atoms with Gasteiger partial charge in [0.2, 0.25) is 0 Å². The van der Waals surface area contributed by atoms with Gasteiger partial charge in [0.25, 0.3) is 0 Å². The van der Waals surface area contributed by atoms with Gasteiger partial charge in [-0.1, -0.05) is 243 Å². The summed E-state index contributed by atoms with van der Waals surface area (Å²) in [7, 11) is 0. The van der Waals surface area contributed by atoms with E-state index in [2.05, 4.69) is 273 Å². The Bertz CT molecular complexity index is 3710. The number of benzene rings is 10. The summed E-state index contributed by atoms with van der Waals surface area (Å²) in [5.74, 6) is 0.332. The molecule has 12 rings (SSSR count). The second kappa shape index (κ2) is 18.7. The Balaban J connectivity index is 1.00. The number of rotatable bonds is 10. The maximum absolute atomic E-state index is 2.45. The van der Waals surface area contributed by atoms with E-state index in [0.717, 1.165) is 12.0 Å². The fraction of sp³-hybridized carbons (Fsp3) is 0.0294. The van der Waals surface area contributed by atoms with Crippen LogP contribution in [-0.4, -0.2) is 0 Å². The highest BCUT2D eigenvalue weighted by atomic mass is 32.1. The monoisotopic (exact) mass is 896 g/mol. The van der Waals surface area contributed by atoms with Crippen molar-refractivity contribution < 1.29 is 0 Å². The molecule has 1 unspecified atom stereocenters. The normalized spacial score (nSPS) is 13.6. The van der Waals surface area contributed by atoms with E-state index in [9.17, 15) is 0 Å². The summed E-state index contributed by atoms with van der Waals surface area (Å²) in [4.78, 5) is 2.52. The van der Waals surface area contributed by atoms with E-state index in [4.69, 9.17) is 0 Å². The average molecular weight is 897 g/mol. The molecular weight excluding hydrogens is 849 g/mol. The Kier molecular flexibility index (Phi) is 11.4. The third-order valence-electron chi connectivity index (χ3n) is 13.6. The van der Waals surface area contributed by atoms with E-state index >= 15 is 0 Å². The van der Waals surface area contributed by atoms with Gasteiger partial charge in [-0.15, -0.1) is 11.3 Å². The molecule has 0 nitrogen and oxygen atoms in total. The molecule has 69 heavy (non-hydrogen) atoms. The Hall–Kier alpha value is -8.36. The third-order valence-corrected chi connectivity index (χ3v) is 14.8. The van der Waals surface area contributed by atoms with Gasteiger partial charge in [0, 0.05) is 15.7 Å². The quantitative estimate of drug-likeness (QED) is 0.0948. The van der Waals surface area contributed by atoms with Crippen LogP contribution in [0.2, 0.25) is 0 Å². The molecule has 11 aromatic rings. The summed E-state index contributed by atoms with van der Waals surface area (Å²) < 4.78 is 0. The molecule has 1 heterocycles. The Labute approximate surface area is 408 Å². The molecule has 0 saturated heterocycles. The van der Waals surface area contributed by atoms with E-state index in [1.54, 1.807) is 0 Å². The van der Waals surface area contributed by atoms with Gasteiger partial charge in [-0.2, -0.15) is 0 Å². The standard InChI is InChI=1S/C68H48S/c1-5-18-50(19-6-1)62(51-20-7-2-8-21-51)43-47-29-33-54(34-30-47)67-59-27-15-16-28-60(59)68(55-35-31-48(32-36-55)44-63(52-22-9-3-10-23-52)53-24-11-4-12-25-53)64-46-58(39-40-61(64)67)66-42-41-65(69-66)57-38-37-49-17-13-14-26-56(49)45-57/h1-20,22-46,51H,21H2/b62-43+. The first-order valence-electron chi connectivity index (χ1n) is 23.9. The summed E-state index contributed by atoms with van der Waals surface area (Å²) in [5.41, 5.74) is 15.9. The minimum Gasteiger partial charge on any atom is -0.135 e. The Morgan fingerprint density at radius 1 is 0.377 bits per heavy atom. The zero-order valence-corrected chi connectivity index (χ0v) is 39.0. The van der Waals surface area contributed by atoms with Crippen molar-refractivity contribution in [1.82, 2.24) is 0 Å². The smallest absolute Gasteiger partial charge is 0.0349 e. The Morgan fingerprint density at radius 2 is 0.870 bits per heavy atom. The van der Waals surface area contributed by atoms with Crippen LogP contribution in [0.15, 0.2) is 261 Å². The number of allylic oxidation sites excluding steroid dienone is 5. The minimum absolute atomic E-state index is 0.332. The van der Waals surface area contributed by atoms with Crippen LogP contribution in [-0.2, 0) is 0 Å². The lowest BCUT2D eigenvalue weighted by Crippen LogP contribution is -2.01. The van der Waals surface area contributed by atoms with Gasteiger partial charge < -0.3 is 0 Å². The van der Waals surface area contributed by atoms with Crippen LogP contribution in [0.1, 0.15) is 34.2 Å². The molecule has 10 aromatic carbocycles. The van der Waals surface area contributed by atoms with Gasteiger partial charge in [-0.25, -0.2) is 0 Å².